The fraction of sp³-hybridized carbons (Fsp3) is 0.349. The highest BCUT2D eigenvalue weighted by molar-refractivity contribution is 6.25. The van der Waals surface area contributed by atoms with Gasteiger partial charge in [-0.1, -0.05) is 18.2 Å². The molecule has 0 aliphatic carbocycles. The average molecular weight is 820 g/mol. The van der Waals surface area contributed by atoms with E-state index in [2.05, 4.69) is 20.9 Å². The van der Waals surface area contributed by atoms with Crippen LogP contribution in [-0.2, 0) is 25.7 Å². The summed E-state index contributed by atoms with van der Waals surface area (Å²) in [5.41, 5.74) is 3.35. The number of nitrogens with one attached hydrogen (secondary N) is 4. The molecular formula is C43H43F2N9O6. The number of benzene rings is 3. The second-order valence-corrected chi connectivity index (χ2v) is 15.2. The molecule has 4 N–H and O–H groups in total. The number of rotatable bonds is 12. The first-order valence-electron chi connectivity index (χ1n) is 20.0. The zero-order chi connectivity index (χ0) is 41.9. The summed E-state index contributed by atoms with van der Waals surface area (Å²) in [5, 5.41) is 16.8. The quantitative estimate of drug-likeness (QED) is 0.120. The third-order valence-corrected chi connectivity index (χ3v) is 11.4. The van der Waals surface area contributed by atoms with Crippen LogP contribution in [0, 0.1) is 17.0 Å². The Kier molecular flexibility index (Phi) is 11.7. The van der Waals surface area contributed by atoms with Crippen molar-refractivity contribution in [3.05, 3.63) is 94.9 Å². The van der Waals surface area contributed by atoms with Gasteiger partial charge < -0.3 is 25.7 Å². The smallest absolute Gasteiger partial charge is 0.264 e. The normalized spacial score (nSPS) is 19.1. The average Bonchev–Trinajstić information content (AvgIpc) is 3.51. The van der Waals surface area contributed by atoms with Crippen LogP contribution in [0.5, 0.6) is 0 Å². The van der Waals surface area contributed by atoms with Crippen molar-refractivity contribution >= 4 is 58.0 Å². The molecule has 0 radical (unpaired) electrons. The molecule has 310 valence electrons. The van der Waals surface area contributed by atoms with Crippen molar-refractivity contribution in [2.45, 2.75) is 50.7 Å². The first-order valence-corrected chi connectivity index (χ1v) is 20.0. The van der Waals surface area contributed by atoms with Gasteiger partial charge in [0.1, 0.15) is 17.7 Å². The maximum Gasteiger partial charge on any atom is 0.264 e. The minimum atomic E-state index is -1.07. The van der Waals surface area contributed by atoms with E-state index >= 15 is 8.78 Å². The highest BCUT2D eigenvalue weighted by Gasteiger charge is 2.45. The zero-order valence-corrected chi connectivity index (χ0v) is 32.6. The number of hydrogen-bond acceptors (Lipinski definition) is 12. The molecule has 1 atom stereocenters. The molecule has 0 saturated carbocycles. The number of para-hydroxylation sites is 1. The summed E-state index contributed by atoms with van der Waals surface area (Å²) in [6, 6.07) is 11.6. The molecule has 4 aliphatic rings. The fourth-order valence-electron chi connectivity index (χ4n) is 8.11. The molecule has 4 aliphatic heterocycles. The Morgan fingerprint density at radius 1 is 0.950 bits per heavy atom. The molecule has 8 rings (SSSR count). The van der Waals surface area contributed by atoms with Gasteiger partial charge in [0.15, 0.2) is 0 Å². The molecule has 5 heterocycles. The Hall–Kier alpha value is -6.46. The maximum atomic E-state index is 15.4. The zero-order valence-electron chi connectivity index (χ0n) is 32.6. The number of imide groups is 2. The molecule has 1 unspecified atom stereocenters. The molecule has 3 aromatic carbocycles. The van der Waals surface area contributed by atoms with E-state index in [4.69, 9.17) is 15.1 Å². The van der Waals surface area contributed by atoms with Gasteiger partial charge in [-0.3, -0.25) is 44.1 Å². The van der Waals surface area contributed by atoms with E-state index in [9.17, 15) is 24.0 Å². The molecule has 0 bridgehead atoms. The predicted octanol–water partition coefficient (Wildman–Crippen LogP) is 3.88. The Morgan fingerprint density at radius 2 is 1.68 bits per heavy atom. The van der Waals surface area contributed by atoms with E-state index in [1.807, 2.05) is 4.90 Å². The number of likely N-dealkylation sites (tertiary alicyclic amines) is 1. The van der Waals surface area contributed by atoms with Gasteiger partial charge in [0.05, 0.1) is 47.3 Å². The molecule has 5 amide bonds. The number of halogens is 2. The van der Waals surface area contributed by atoms with Gasteiger partial charge in [-0.05, 0) is 55.2 Å². The molecule has 15 nitrogen and oxygen atoms in total. The van der Waals surface area contributed by atoms with Crippen LogP contribution in [0.1, 0.15) is 64.1 Å². The Morgan fingerprint density at radius 3 is 2.42 bits per heavy atom. The van der Waals surface area contributed by atoms with E-state index < -0.39 is 41.3 Å². The molecule has 17 heteroatoms. The lowest BCUT2D eigenvalue weighted by atomic mass is 10.0. The first-order chi connectivity index (χ1) is 29.1. The van der Waals surface area contributed by atoms with E-state index in [0.29, 0.717) is 91.3 Å². The summed E-state index contributed by atoms with van der Waals surface area (Å²) in [5.74, 6) is -3.72. The monoisotopic (exact) mass is 819 g/mol. The molecule has 4 aromatic rings. The number of ether oxygens (including phenoxy) is 1. The molecule has 0 spiro atoms. The number of piperidine rings is 2. The molecule has 3 fully saturated rings. The summed E-state index contributed by atoms with van der Waals surface area (Å²) < 4.78 is 36.1. The number of carbonyl (C=O) groups excluding carboxylic acids is 5. The van der Waals surface area contributed by atoms with Gasteiger partial charge in [0.2, 0.25) is 17.7 Å². The fourth-order valence-corrected chi connectivity index (χ4v) is 8.11. The number of hydrogen-bond donors (Lipinski definition) is 4. The van der Waals surface area contributed by atoms with Crippen LogP contribution in [0.15, 0.2) is 60.9 Å². The van der Waals surface area contributed by atoms with Gasteiger partial charge in [0, 0.05) is 93.0 Å². The Labute approximate surface area is 343 Å². The van der Waals surface area contributed by atoms with Crippen LogP contribution in [-0.4, -0.2) is 118 Å². The third kappa shape index (κ3) is 8.22. The second kappa shape index (κ2) is 17.4. The van der Waals surface area contributed by atoms with Crippen LogP contribution >= 0.6 is 0 Å². The molecular weight excluding hydrogens is 777 g/mol. The largest absolute Gasteiger partial charge is 0.387 e. The van der Waals surface area contributed by atoms with Crippen molar-refractivity contribution in [2.75, 3.05) is 51.3 Å². The van der Waals surface area contributed by atoms with Crippen molar-refractivity contribution < 1.29 is 37.5 Å². The summed E-state index contributed by atoms with van der Waals surface area (Å²) in [7, 11) is 0. The van der Waals surface area contributed by atoms with E-state index in [-0.39, 0.29) is 61.0 Å². The van der Waals surface area contributed by atoms with Crippen LogP contribution in [0.2, 0.25) is 0 Å². The molecule has 60 heavy (non-hydrogen) atoms. The SMILES string of the molecule is N=C/C(=C\NC1CCN(C(=O)CCNc2cccc3c2C(=O)N(C2CCC(=O)NC2=O)C3=O)CC1)c1cnc2cccc(-c3cc(F)c(CN4CCOCC4)c(F)c3)c2n1. The third-order valence-electron chi connectivity index (χ3n) is 11.4. The Bertz CT molecular complexity index is 2410. The summed E-state index contributed by atoms with van der Waals surface area (Å²) in [6.07, 6.45) is 5.92. The molecule has 3 saturated heterocycles. The van der Waals surface area contributed by atoms with Crippen molar-refractivity contribution in [1.29, 1.82) is 5.41 Å². The van der Waals surface area contributed by atoms with Gasteiger partial charge >= 0.3 is 0 Å². The number of allylic oxidation sites excluding steroid dienone is 1. The minimum Gasteiger partial charge on any atom is -0.387 e. The predicted molar refractivity (Wildman–Crippen MR) is 217 cm³/mol. The van der Waals surface area contributed by atoms with Gasteiger partial charge in [-0.25, -0.2) is 13.8 Å². The van der Waals surface area contributed by atoms with Gasteiger partial charge in [-0.2, -0.15) is 0 Å². The van der Waals surface area contributed by atoms with Crippen molar-refractivity contribution in [3.63, 3.8) is 0 Å². The van der Waals surface area contributed by atoms with Crippen LogP contribution < -0.4 is 16.0 Å². The number of morpholine rings is 1. The lowest BCUT2D eigenvalue weighted by Crippen LogP contribution is -2.54. The van der Waals surface area contributed by atoms with E-state index in [1.165, 1.54) is 18.2 Å². The van der Waals surface area contributed by atoms with Crippen molar-refractivity contribution in [3.8, 4) is 11.1 Å². The lowest BCUT2D eigenvalue weighted by molar-refractivity contribution is -0.136. The standard InChI is InChI=1S/C43H43F2N9O6/c44-31-19-25(20-32(45)30(31)24-52-15-17-60-18-16-52)28-3-1-6-34-40(28)50-35(23-49-34)26(21-46)22-48-27-10-13-53(14-11-27)38(56)9-12-47-33-5-2-4-29-39(33)43(59)54(42(29)58)36-7-8-37(55)51-41(36)57/h1-6,19-23,27,36,46-48H,7-18,24H2,(H,51,55,57)/b26-22+,46-21?. The highest BCUT2D eigenvalue weighted by Crippen LogP contribution is 2.33. The number of amides is 5. The summed E-state index contributed by atoms with van der Waals surface area (Å²) in [6.45, 7) is 3.60. The summed E-state index contributed by atoms with van der Waals surface area (Å²) in [4.78, 5) is 77.8. The molecule has 1 aromatic heterocycles. The summed E-state index contributed by atoms with van der Waals surface area (Å²) >= 11 is 0. The van der Waals surface area contributed by atoms with Crippen molar-refractivity contribution in [2.24, 2.45) is 0 Å². The van der Waals surface area contributed by atoms with E-state index in [1.54, 1.807) is 47.6 Å². The van der Waals surface area contributed by atoms with Crippen LogP contribution in [0.25, 0.3) is 27.7 Å². The van der Waals surface area contributed by atoms with Crippen LogP contribution in [0.4, 0.5) is 14.5 Å². The van der Waals surface area contributed by atoms with Crippen LogP contribution in [0.3, 0.4) is 0 Å². The highest BCUT2D eigenvalue weighted by atomic mass is 19.1. The van der Waals surface area contributed by atoms with Gasteiger partial charge in [-0.15, -0.1) is 0 Å². The van der Waals surface area contributed by atoms with E-state index in [0.717, 1.165) is 11.1 Å². The minimum absolute atomic E-state index is 0.00648. The first kappa shape index (κ1) is 40.3. The number of aromatic nitrogens is 2. The maximum absolute atomic E-state index is 15.4. The topological polar surface area (TPSA) is 190 Å². The Balaban J connectivity index is 0.863. The number of carbonyl (C=O) groups is 5. The second-order valence-electron chi connectivity index (χ2n) is 15.2. The number of anilines is 1. The lowest BCUT2D eigenvalue weighted by Gasteiger charge is -2.32. The van der Waals surface area contributed by atoms with Crippen molar-refractivity contribution in [1.82, 2.24) is 35.3 Å². The number of fused-ring (bicyclic) bond motifs is 2. The number of nitrogens with zero attached hydrogens (tertiary/aromatic N) is 5. The van der Waals surface area contributed by atoms with Gasteiger partial charge in [0.25, 0.3) is 11.8 Å².